The van der Waals surface area contributed by atoms with E-state index in [0.717, 1.165) is 38.9 Å². The fourth-order valence-electron chi connectivity index (χ4n) is 5.30. The van der Waals surface area contributed by atoms with Gasteiger partial charge in [0.1, 0.15) is 0 Å². The second-order valence-electron chi connectivity index (χ2n) is 10.3. The number of hydrogen-bond acceptors (Lipinski definition) is 3. The van der Waals surface area contributed by atoms with Crippen molar-refractivity contribution in [1.82, 2.24) is 4.67 Å². The lowest BCUT2D eigenvalue weighted by atomic mass is 9.92. The highest BCUT2D eigenvalue weighted by Gasteiger charge is 2.34. The van der Waals surface area contributed by atoms with Gasteiger partial charge in [0, 0.05) is 6.04 Å². The average molecular weight is 482 g/mol. The van der Waals surface area contributed by atoms with Crippen molar-refractivity contribution in [3.05, 3.63) is 70.8 Å². The van der Waals surface area contributed by atoms with Crippen LogP contribution in [0.1, 0.15) is 106 Å². The van der Waals surface area contributed by atoms with E-state index in [4.69, 9.17) is 9.05 Å². The van der Waals surface area contributed by atoms with Gasteiger partial charge in [0.05, 0.1) is 19.3 Å². The molecule has 34 heavy (non-hydrogen) atoms. The molecule has 186 valence electrons. The molecule has 4 heteroatoms. The molecule has 1 aliphatic heterocycles. The minimum Gasteiger partial charge on any atom is -0.322 e. The van der Waals surface area contributed by atoms with Crippen molar-refractivity contribution >= 4 is 8.53 Å². The Morgan fingerprint density at radius 3 is 1.65 bits per heavy atom. The van der Waals surface area contributed by atoms with Crippen LogP contribution < -0.4 is 0 Å². The van der Waals surface area contributed by atoms with E-state index in [2.05, 4.69) is 67.0 Å². The minimum atomic E-state index is -1.14. The van der Waals surface area contributed by atoms with Gasteiger partial charge < -0.3 is 9.05 Å². The maximum absolute atomic E-state index is 6.58. The van der Waals surface area contributed by atoms with E-state index in [1.165, 1.54) is 73.6 Å². The van der Waals surface area contributed by atoms with E-state index in [1.54, 1.807) is 0 Å². The van der Waals surface area contributed by atoms with Crippen molar-refractivity contribution in [3.63, 3.8) is 0 Å². The highest BCUT2D eigenvalue weighted by molar-refractivity contribution is 7.44. The van der Waals surface area contributed by atoms with E-state index in [0.29, 0.717) is 6.04 Å². The van der Waals surface area contributed by atoms with Crippen LogP contribution in [0.25, 0.3) is 0 Å². The molecule has 1 aliphatic carbocycles. The molecule has 2 aromatic carbocycles. The maximum atomic E-state index is 6.58. The molecule has 3 nitrogen and oxygen atoms in total. The number of hydrogen-bond donors (Lipinski definition) is 0. The molecule has 2 aliphatic rings. The summed E-state index contributed by atoms with van der Waals surface area (Å²) in [5, 5.41) is 0. The Labute approximate surface area is 209 Å². The molecule has 0 aromatic heterocycles. The largest absolute Gasteiger partial charge is 0.322 e. The molecule has 0 saturated carbocycles. The zero-order chi connectivity index (χ0) is 23.6. The molecular formula is C30H44NO2P. The van der Waals surface area contributed by atoms with E-state index < -0.39 is 8.53 Å². The molecule has 0 atom stereocenters. The average Bonchev–Trinajstić information content (AvgIpc) is 2.83. The van der Waals surface area contributed by atoms with Crippen molar-refractivity contribution < 1.29 is 9.05 Å². The lowest BCUT2D eigenvalue weighted by Crippen LogP contribution is -2.33. The van der Waals surface area contributed by atoms with Crippen LogP contribution in [0.2, 0.25) is 0 Å². The minimum absolute atomic E-state index is 0.137. The molecule has 0 amide bonds. The van der Waals surface area contributed by atoms with Crippen molar-refractivity contribution in [3.8, 4) is 0 Å². The Morgan fingerprint density at radius 2 is 1.15 bits per heavy atom. The van der Waals surface area contributed by atoms with Crippen molar-refractivity contribution in [2.75, 3.05) is 13.2 Å². The summed E-state index contributed by atoms with van der Waals surface area (Å²) in [4.78, 5) is 0. The molecule has 1 heterocycles. The van der Waals surface area contributed by atoms with Crippen LogP contribution in [0.5, 0.6) is 0 Å². The highest BCUT2D eigenvalue weighted by atomic mass is 31.2. The summed E-state index contributed by atoms with van der Waals surface area (Å²) in [7, 11) is -1.14. The van der Waals surface area contributed by atoms with Crippen LogP contribution in [0.15, 0.2) is 48.5 Å². The first-order valence-electron chi connectivity index (χ1n) is 13.7. The summed E-state index contributed by atoms with van der Waals surface area (Å²) in [6.07, 6.45) is 14.9. The van der Waals surface area contributed by atoms with Gasteiger partial charge >= 0.3 is 0 Å². The van der Waals surface area contributed by atoms with E-state index in [1.807, 2.05) is 0 Å². The molecule has 2 aromatic rings. The first kappa shape index (κ1) is 25.8. The Kier molecular flexibility index (Phi) is 10.4. The van der Waals surface area contributed by atoms with Crippen LogP contribution in [0.4, 0.5) is 0 Å². The van der Waals surface area contributed by atoms with Gasteiger partial charge in [-0.05, 0) is 74.6 Å². The fraction of sp³-hybridized carbons (Fsp3) is 0.600. The summed E-state index contributed by atoms with van der Waals surface area (Å²) in [5.41, 5.74) is 5.64. The number of benzene rings is 2. The molecule has 1 fully saturated rings. The van der Waals surface area contributed by atoms with Gasteiger partial charge in [-0.25, -0.2) is 4.67 Å². The molecule has 4 bridgehead atoms. The van der Waals surface area contributed by atoms with Crippen LogP contribution in [-0.2, 0) is 21.9 Å². The second-order valence-corrected chi connectivity index (χ2v) is 11.8. The van der Waals surface area contributed by atoms with Gasteiger partial charge in [-0.2, -0.15) is 0 Å². The standard InChI is InChI=1S/C30H44NO2P/c1-25(2)31(34-32-21-11-6-4-3-5-7-12-22-33-34)30-28-19-13-17-26(23-28)15-9-8-10-16-27-18-14-20-29(30)24-27/h13-14,17-20,23-25,30H,3-12,15-16,21-22H2,1-2H3. The van der Waals surface area contributed by atoms with Gasteiger partial charge in [0.25, 0.3) is 8.53 Å². The number of rotatable bonds is 3. The highest BCUT2D eigenvalue weighted by Crippen LogP contribution is 2.52. The smallest absolute Gasteiger partial charge is 0.259 e. The SMILES string of the molecule is CC(C)N(C1c2cccc(c2)CCCCCc2cccc1c2)P1OCCCCCCCCCO1. The van der Waals surface area contributed by atoms with Crippen molar-refractivity contribution in [2.45, 2.75) is 103 Å². The molecule has 0 radical (unpaired) electrons. The normalized spacial score (nSPS) is 20.2. The third-order valence-corrected chi connectivity index (χ3v) is 9.02. The van der Waals surface area contributed by atoms with Gasteiger partial charge in [0.2, 0.25) is 0 Å². The topological polar surface area (TPSA) is 21.7 Å². The zero-order valence-corrected chi connectivity index (χ0v) is 22.3. The number of aryl methyl sites for hydroxylation is 2. The Hall–Kier alpha value is -1.25. The Bertz CT molecular complexity index is 809. The molecular weight excluding hydrogens is 437 g/mol. The predicted molar refractivity (Wildman–Crippen MR) is 144 cm³/mol. The van der Waals surface area contributed by atoms with Crippen molar-refractivity contribution in [2.24, 2.45) is 0 Å². The van der Waals surface area contributed by atoms with Gasteiger partial charge in [-0.3, -0.25) is 0 Å². The Balaban J connectivity index is 1.71. The van der Waals surface area contributed by atoms with Gasteiger partial charge in [0.15, 0.2) is 0 Å². The molecule has 0 spiro atoms. The second kappa shape index (κ2) is 13.7. The first-order chi connectivity index (χ1) is 16.7. The number of nitrogens with zero attached hydrogens (tertiary/aromatic N) is 1. The summed E-state index contributed by atoms with van der Waals surface area (Å²) in [6, 6.07) is 19.1. The van der Waals surface area contributed by atoms with Crippen molar-refractivity contribution in [1.29, 1.82) is 0 Å². The first-order valence-corrected chi connectivity index (χ1v) is 14.9. The van der Waals surface area contributed by atoms with E-state index in [-0.39, 0.29) is 6.04 Å². The molecule has 1 saturated heterocycles. The van der Waals surface area contributed by atoms with Gasteiger partial charge in [-0.1, -0.05) is 87.1 Å². The summed E-state index contributed by atoms with van der Waals surface area (Å²) < 4.78 is 15.7. The van der Waals surface area contributed by atoms with Crippen LogP contribution >= 0.6 is 8.53 Å². The quantitative estimate of drug-likeness (QED) is 0.409. The monoisotopic (exact) mass is 481 g/mol. The predicted octanol–water partition coefficient (Wildman–Crippen LogP) is 8.76. The van der Waals surface area contributed by atoms with Gasteiger partial charge in [-0.15, -0.1) is 0 Å². The zero-order valence-electron chi connectivity index (χ0n) is 21.4. The maximum Gasteiger partial charge on any atom is 0.259 e. The van der Waals surface area contributed by atoms with Crippen LogP contribution in [0, 0.1) is 0 Å². The van der Waals surface area contributed by atoms with E-state index in [9.17, 15) is 0 Å². The Morgan fingerprint density at radius 1 is 0.676 bits per heavy atom. The lowest BCUT2D eigenvalue weighted by Gasteiger charge is -2.39. The summed E-state index contributed by atoms with van der Waals surface area (Å²) in [5.74, 6) is 0. The summed E-state index contributed by atoms with van der Waals surface area (Å²) >= 11 is 0. The van der Waals surface area contributed by atoms with Crippen LogP contribution in [0.3, 0.4) is 0 Å². The number of fused-ring (bicyclic) bond motifs is 4. The summed E-state index contributed by atoms with van der Waals surface area (Å²) in [6.45, 7) is 6.19. The lowest BCUT2D eigenvalue weighted by molar-refractivity contribution is 0.169. The molecule has 4 rings (SSSR count). The molecule has 0 N–H and O–H groups in total. The van der Waals surface area contributed by atoms with E-state index >= 15 is 0 Å². The third-order valence-electron chi connectivity index (χ3n) is 7.14. The third kappa shape index (κ3) is 7.37. The van der Waals surface area contributed by atoms with Crippen LogP contribution in [-0.4, -0.2) is 23.9 Å². The molecule has 0 unspecified atom stereocenters. The fourth-order valence-corrected chi connectivity index (χ4v) is 7.04.